The molecule has 0 radical (unpaired) electrons. The van der Waals surface area contributed by atoms with Gasteiger partial charge in [0, 0.05) is 18.7 Å². The van der Waals surface area contributed by atoms with Crippen molar-refractivity contribution in [3.8, 4) is 11.4 Å². The maximum atomic E-state index is 13.6. The molecule has 7 nitrogen and oxygen atoms in total. The molecule has 3 aromatic rings. The number of nitrogens with zero attached hydrogens (tertiary/aromatic N) is 2. The second kappa shape index (κ2) is 9.99. The first-order valence-corrected chi connectivity index (χ1v) is 9.81. The topological polar surface area (TPSA) is 85.2 Å². The fraction of sp³-hybridized carbons (Fsp3) is 0.227. The van der Waals surface area contributed by atoms with E-state index in [2.05, 4.69) is 15.7 Å². The average molecular weight is 446 g/mol. The third-order valence-corrected chi connectivity index (χ3v) is 4.41. The Hall–Kier alpha value is -3.82. The third kappa shape index (κ3) is 5.45. The molecule has 0 spiro atoms. The number of para-hydroxylation sites is 1. The lowest BCUT2D eigenvalue weighted by molar-refractivity contribution is -0.143. The fourth-order valence-corrected chi connectivity index (χ4v) is 2.97. The summed E-state index contributed by atoms with van der Waals surface area (Å²) in [5.74, 6) is -0.683. The Morgan fingerprint density at radius 1 is 0.969 bits per heavy atom. The van der Waals surface area contributed by atoms with Crippen molar-refractivity contribution in [1.82, 2.24) is 20.4 Å². The zero-order valence-corrected chi connectivity index (χ0v) is 17.1. The average Bonchev–Trinajstić information content (AvgIpc) is 3.24. The highest BCUT2D eigenvalue weighted by Gasteiger charge is 2.40. The summed E-state index contributed by atoms with van der Waals surface area (Å²) < 4.78 is 46.9. The van der Waals surface area contributed by atoms with Crippen molar-refractivity contribution in [3.05, 3.63) is 77.6 Å². The SMILES string of the molecule is CCOc1ccc(C(=O)NCCNC(=O)c2cnn(-c3ccccc3)c2C(F)(F)F)cc1. The number of amides is 2. The first-order valence-electron chi connectivity index (χ1n) is 9.81. The molecule has 2 aromatic carbocycles. The molecule has 0 bridgehead atoms. The van der Waals surface area contributed by atoms with Crippen LogP contribution in [0.5, 0.6) is 5.75 Å². The van der Waals surface area contributed by atoms with Gasteiger partial charge in [-0.05, 0) is 43.3 Å². The van der Waals surface area contributed by atoms with Crippen molar-refractivity contribution in [2.24, 2.45) is 0 Å². The zero-order chi connectivity index (χ0) is 23.1. The minimum atomic E-state index is -4.79. The number of hydrogen-bond acceptors (Lipinski definition) is 4. The lowest BCUT2D eigenvalue weighted by Crippen LogP contribution is -2.35. The molecule has 1 aromatic heterocycles. The monoisotopic (exact) mass is 446 g/mol. The van der Waals surface area contributed by atoms with Gasteiger partial charge >= 0.3 is 6.18 Å². The summed E-state index contributed by atoms with van der Waals surface area (Å²) in [6, 6.07) is 14.2. The van der Waals surface area contributed by atoms with Crippen molar-refractivity contribution >= 4 is 11.8 Å². The number of halogens is 3. The molecule has 0 aliphatic rings. The van der Waals surface area contributed by atoms with Crippen LogP contribution in [-0.4, -0.2) is 41.3 Å². The van der Waals surface area contributed by atoms with Crippen molar-refractivity contribution in [1.29, 1.82) is 0 Å². The molecule has 168 valence electrons. The van der Waals surface area contributed by atoms with Crippen molar-refractivity contribution in [2.75, 3.05) is 19.7 Å². The lowest BCUT2D eigenvalue weighted by Gasteiger charge is -2.13. The standard InChI is InChI=1S/C22H21F3N4O3/c1-2-32-17-10-8-15(9-11-17)20(30)26-12-13-27-21(31)18-14-28-29(19(18)22(23,24)25)16-6-4-3-5-7-16/h3-11,14H,2,12-13H2,1H3,(H,26,30)(H,27,31). The predicted octanol–water partition coefficient (Wildman–Crippen LogP) is 3.45. The first kappa shape index (κ1) is 22.9. The fourth-order valence-electron chi connectivity index (χ4n) is 2.97. The number of rotatable bonds is 8. The van der Waals surface area contributed by atoms with E-state index in [0.29, 0.717) is 22.6 Å². The van der Waals surface area contributed by atoms with Crippen LogP contribution >= 0.6 is 0 Å². The van der Waals surface area contributed by atoms with Gasteiger partial charge in [0.15, 0.2) is 5.69 Å². The van der Waals surface area contributed by atoms with Crippen molar-refractivity contribution < 1.29 is 27.5 Å². The van der Waals surface area contributed by atoms with Crippen LogP contribution in [0, 0.1) is 0 Å². The highest BCUT2D eigenvalue weighted by molar-refractivity contribution is 5.96. The van der Waals surface area contributed by atoms with Gasteiger partial charge in [-0.15, -0.1) is 0 Å². The van der Waals surface area contributed by atoms with Crippen LogP contribution in [-0.2, 0) is 6.18 Å². The van der Waals surface area contributed by atoms with Crippen LogP contribution < -0.4 is 15.4 Å². The zero-order valence-electron chi connectivity index (χ0n) is 17.1. The number of carbonyl (C=O) groups excluding carboxylic acids is 2. The van der Waals surface area contributed by atoms with Crippen LogP contribution in [0.25, 0.3) is 5.69 Å². The van der Waals surface area contributed by atoms with E-state index in [-0.39, 0.29) is 24.7 Å². The number of ether oxygens (including phenoxy) is 1. The van der Waals surface area contributed by atoms with Gasteiger partial charge < -0.3 is 15.4 Å². The van der Waals surface area contributed by atoms with Crippen LogP contribution in [0.1, 0.15) is 33.3 Å². The largest absolute Gasteiger partial charge is 0.494 e. The van der Waals surface area contributed by atoms with E-state index in [1.54, 1.807) is 42.5 Å². The van der Waals surface area contributed by atoms with Crippen LogP contribution in [0.2, 0.25) is 0 Å². The van der Waals surface area contributed by atoms with Crippen molar-refractivity contribution in [3.63, 3.8) is 0 Å². The Morgan fingerprint density at radius 3 is 2.19 bits per heavy atom. The van der Waals surface area contributed by atoms with E-state index in [9.17, 15) is 22.8 Å². The summed E-state index contributed by atoms with van der Waals surface area (Å²) in [7, 11) is 0. The van der Waals surface area contributed by atoms with Gasteiger partial charge in [-0.25, -0.2) is 4.68 Å². The second-order valence-electron chi connectivity index (χ2n) is 6.62. The maximum Gasteiger partial charge on any atom is 0.434 e. The molecule has 0 aliphatic heterocycles. The molecule has 32 heavy (non-hydrogen) atoms. The van der Waals surface area contributed by atoms with Gasteiger partial charge in [-0.1, -0.05) is 18.2 Å². The molecule has 10 heteroatoms. The molecule has 0 fully saturated rings. The van der Waals surface area contributed by atoms with Gasteiger partial charge in [0.1, 0.15) is 5.75 Å². The Labute approximate surface area is 182 Å². The predicted molar refractivity (Wildman–Crippen MR) is 111 cm³/mol. The van der Waals surface area contributed by atoms with E-state index in [1.165, 1.54) is 12.1 Å². The molecule has 2 N–H and O–H groups in total. The van der Waals surface area contributed by atoms with E-state index in [0.717, 1.165) is 6.20 Å². The molecular formula is C22H21F3N4O3. The smallest absolute Gasteiger partial charge is 0.434 e. The molecular weight excluding hydrogens is 425 g/mol. The number of aromatic nitrogens is 2. The molecule has 0 unspecified atom stereocenters. The molecule has 2 amide bonds. The molecule has 0 saturated heterocycles. The minimum absolute atomic E-state index is 0.0337. The van der Waals surface area contributed by atoms with Crippen LogP contribution in [0.15, 0.2) is 60.8 Å². The summed E-state index contributed by atoms with van der Waals surface area (Å²) in [5, 5.41) is 8.72. The Bertz CT molecular complexity index is 1060. The van der Waals surface area contributed by atoms with E-state index >= 15 is 0 Å². The molecule has 3 rings (SSSR count). The van der Waals surface area contributed by atoms with E-state index < -0.39 is 23.3 Å². The molecule has 1 heterocycles. The quantitative estimate of drug-likeness (QED) is 0.519. The first-order chi connectivity index (χ1) is 15.3. The van der Waals surface area contributed by atoms with Gasteiger partial charge in [0.25, 0.3) is 11.8 Å². The lowest BCUT2D eigenvalue weighted by atomic mass is 10.2. The number of benzene rings is 2. The Kier molecular flexibility index (Phi) is 7.14. The summed E-state index contributed by atoms with van der Waals surface area (Å²) in [6.45, 7) is 2.33. The van der Waals surface area contributed by atoms with Gasteiger partial charge in [-0.3, -0.25) is 9.59 Å². The summed E-state index contributed by atoms with van der Waals surface area (Å²) in [6.07, 6.45) is -3.91. The highest BCUT2D eigenvalue weighted by atomic mass is 19.4. The highest BCUT2D eigenvalue weighted by Crippen LogP contribution is 2.33. The number of hydrogen-bond donors (Lipinski definition) is 2. The molecule has 0 saturated carbocycles. The Morgan fingerprint density at radius 2 is 1.59 bits per heavy atom. The summed E-state index contributed by atoms with van der Waals surface area (Å²) in [5.41, 5.74) is -1.19. The second-order valence-corrected chi connectivity index (χ2v) is 6.62. The van der Waals surface area contributed by atoms with Gasteiger partial charge in [-0.2, -0.15) is 18.3 Å². The van der Waals surface area contributed by atoms with Crippen molar-refractivity contribution in [2.45, 2.75) is 13.1 Å². The number of alkyl halides is 3. The maximum absolute atomic E-state index is 13.6. The van der Waals surface area contributed by atoms with Crippen LogP contribution in [0.3, 0.4) is 0 Å². The van der Waals surface area contributed by atoms with Gasteiger partial charge in [0.2, 0.25) is 0 Å². The third-order valence-electron chi connectivity index (χ3n) is 4.41. The summed E-state index contributed by atoms with van der Waals surface area (Å²) >= 11 is 0. The molecule has 0 atom stereocenters. The Balaban J connectivity index is 1.60. The van der Waals surface area contributed by atoms with E-state index in [1.807, 2.05) is 6.92 Å². The van der Waals surface area contributed by atoms with E-state index in [4.69, 9.17) is 4.74 Å². The van der Waals surface area contributed by atoms with Gasteiger partial charge in [0.05, 0.1) is 24.1 Å². The summed E-state index contributed by atoms with van der Waals surface area (Å²) in [4.78, 5) is 24.5. The minimum Gasteiger partial charge on any atom is -0.494 e. The molecule has 0 aliphatic carbocycles. The normalized spacial score (nSPS) is 11.1. The van der Waals surface area contributed by atoms with Crippen LogP contribution in [0.4, 0.5) is 13.2 Å². The number of carbonyl (C=O) groups is 2. The number of nitrogens with one attached hydrogen (secondary N) is 2.